The predicted molar refractivity (Wildman–Crippen MR) is 54.7 cm³/mol. The molecule has 7 heteroatoms. The van der Waals surface area contributed by atoms with Crippen LogP contribution in [0.2, 0.25) is 0 Å². The minimum atomic E-state index is -4.37. The molecular formula is C10H13F3N4. The van der Waals surface area contributed by atoms with E-state index in [0.29, 0.717) is 19.4 Å². The summed E-state index contributed by atoms with van der Waals surface area (Å²) in [5.41, 5.74) is 3.87. The summed E-state index contributed by atoms with van der Waals surface area (Å²) in [6.45, 7) is 1.89. The first-order valence-electron chi connectivity index (χ1n) is 5.04. The number of aryl methyl sites for hydroxylation is 1. The van der Waals surface area contributed by atoms with Crippen molar-refractivity contribution < 1.29 is 13.2 Å². The minimum Gasteiger partial charge on any atom is -0.314 e. The molecule has 0 aliphatic heterocycles. The molecule has 0 aliphatic carbocycles. The molecular weight excluding hydrogens is 233 g/mol. The summed E-state index contributed by atoms with van der Waals surface area (Å²) in [5.74, 6) is 0. The molecule has 1 rings (SSSR count). The van der Waals surface area contributed by atoms with Gasteiger partial charge >= 0.3 is 6.18 Å². The molecule has 1 aromatic heterocycles. The van der Waals surface area contributed by atoms with Crippen molar-refractivity contribution in [1.82, 2.24) is 9.78 Å². The van der Waals surface area contributed by atoms with Crippen LogP contribution in [0.4, 0.5) is 13.2 Å². The average molecular weight is 246 g/mol. The Kier molecular flexibility index (Phi) is 3.78. The van der Waals surface area contributed by atoms with E-state index in [1.807, 2.05) is 6.07 Å². The number of aromatic nitrogens is 2. The highest BCUT2D eigenvalue weighted by Crippen LogP contribution is 2.28. The monoisotopic (exact) mass is 246 g/mol. The van der Waals surface area contributed by atoms with Gasteiger partial charge in [-0.15, -0.1) is 0 Å². The fourth-order valence-corrected chi connectivity index (χ4v) is 1.30. The third kappa shape index (κ3) is 4.07. The van der Waals surface area contributed by atoms with E-state index < -0.39 is 17.3 Å². The van der Waals surface area contributed by atoms with Gasteiger partial charge in [-0.25, -0.2) is 0 Å². The number of nitriles is 1. The Labute approximate surface area is 96.8 Å². The van der Waals surface area contributed by atoms with E-state index in [0.717, 1.165) is 12.4 Å². The second-order valence-electron chi connectivity index (χ2n) is 4.12. The molecule has 1 heterocycles. The molecule has 0 aromatic carbocycles. The van der Waals surface area contributed by atoms with Gasteiger partial charge in [-0.1, -0.05) is 0 Å². The molecule has 2 N–H and O–H groups in total. The molecule has 0 fully saturated rings. The van der Waals surface area contributed by atoms with Gasteiger partial charge in [0.2, 0.25) is 0 Å². The summed E-state index contributed by atoms with van der Waals surface area (Å²) < 4.78 is 38.0. The van der Waals surface area contributed by atoms with Crippen molar-refractivity contribution in [2.24, 2.45) is 5.73 Å². The van der Waals surface area contributed by atoms with Crippen LogP contribution in [0.25, 0.3) is 0 Å². The zero-order chi connectivity index (χ0) is 13.1. The van der Waals surface area contributed by atoms with Gasteiger partial charge in [-0.2, -0.15) is 23.5 Å². The molecule has 17 heavy (non-hydrogen) atoms. The van der Waals surface area contributed by atoms with Crippen LogP contribution in [-0.2, 0) is 12.7 Å². The van der Waals surface area contributed by atoms with Gasteiger partial charge in [0.25, 0.3) is 0 Å². The third-order valence-electron chi connectivity index (χ3n) is 2.30. The Hall–Kier alpha value is -1.55. The first kappa shape index (κ1) is 13.5. The molecule has 1 aromatic rings. The third-order valence-corrected chi connectivity index (χ3v) is 2.30. The lowest BCUT2D eigenvalue weighted by molar-refractivity contribution is -0.137. The number of rotatable bonds is 4. The zero-order valence-corrected chi connectivity index (χ0v) is 9.33. The van der Waals surface area contributed by atoms with E-state index in [4.69, 9.17) is 11.0 Å². The van der Waals surface area contributed by atoms with Gasteiger partial charge in [0.1, 0.15) is 5.54 Å². The van der Waals surface area contributed by atoms with Gasteiger partial charge in [0.15, 0.2) is 0 Å². The number of alkyl halides is 3. The maximum atomic E-state index is 12.3. The average Bonchev–Trinajstić information content (AvgIpc) is 2.66. The van der Waals surface area contributed by atoms with Crippen LogP contribution in [0, 0.1) is 11.3 Å². The maximum absolute atomic E-state index is 12.3. The van der Waals surface area contributed by atoms with Crippen LogP contribution in [0.1, 0.15) is 25.3 Å². The molecule has 0 spiro atoms. The van der Waals surface area contributed by atoms with Gasteiger partial charge in [0.05, 0.1) is 17.8 Å². The van der Waals surface area contributed by atoms with E-state index in [1.54, 1.807) is 6.92 Å². The fourth-order valence-electron chi connectivity index (χ4n) is 1.30. The number of hydrogen-bond acceptors (Lipinski definition) is 3. The number of hydrogen-bond donors (Lipinski definition) is 1. The maximum Gasteiger partial charge on any atom is 0.419 e. The highest BCUT2D eigenvalue weighted by atomic mass is 19.4. The van der Waals surface area contributed by atoms with Crippen molar-refractivity contribution in [3.8, 4) is 6.07 Å². The lowest BCUT2D eigenvalue weighted by Crippen LogP contribution is -2.34. The summed E-state index contributed by atoms with van der Waals surface area (Å²) in [6, 6.07) is 1.93. The van der Waals surface area contributed by atoms with Gasteiger partial charge in [-0.3, -0.25) is 4.68 Å². The number of halogens is 3. The van der Waals surface area contributed by atoms with E-state index in [2.05, 4.69) is 5.10 Å². The van der Waals surface area contributed by atoms with Crippen molar-refractivity contribution in [1.29, 1.82) is 5.26 Å². The van der Waals surface area contributed by atoms with Crippen LogP contribution in [0.5, 0.6) is 0 Å². The number of nitrogens with zero attached hydrogens (tertiary/aromatic N) is 3. The summed E-state index contributed by atoms with van der Waals surface area (Å²) in [5, 5.41) is 12.3. The molecule has 94 valence electrons. The summed E-state index contributed by atoms with van der Waals surface area (Å²) in [7, 11) is 0. The van der Waals surface area contributed by atoms with E-state index >= 15 is 0 Å². The molecule has 0 saturated carbocycles. The molecule has 0 saturated heterocycles. The molecule has 1 unspecified atom stereocenters. The SMILES string of the molecule is CC(N)(C#N)CCCn1cc(C(F)(F)F)cn1. The summed E-state index contributed by atoms with van der Waals surface area (Å²) >= 11 is 0. The van der Waals surface area contributed by atoms with Crippen LogP contribution in [0.15, 0.2) is 12.4 Å². The molecule has 1 atom stereocenters. The zero-order valence-electron chi connectivity index (χ0n) is 9.33. The van der Waals surface area contributed by atoms with Crippen molar-refractivity contribution in [2.45, 2.75) is 38.0 Å². The standard InChI is InChI=1S/C10H13F3N4/c1-9(15,7-14)3-2-4-17-6-8(5-16-17)10(11,12)13/h5-6H,2-4,15H2,1H3. The Morgan fingerprint density at radius 2 is 2.18 bits per heavy atom. The Balaban J connectivity index is 2.49. The smallest absolute Gasteiger partial charge is 0.314 e. The largest absolute Gasteiger partial charge is 0.419 e. The van der Waals surface area contributed by atoms with Crippen LogP contribution < -0.4 is 5.73 Å². The van der Waals surface area contributed by atoms with E-state index in [9.17, 15) is 13.2 Å². The van der Waals surface area contributed by atoms with Crippen molar-refractivity contribution in [3.63, 3.8) is 0 Å². The fraction of sp³-hybridized carbons (Fsp3) is 0.600. The summed E-state index contributed by atoms with van der Waals surface area (Å²) in [6.07, 6.45) is -1.73. The van der Waals surface area contributed by atoms with Crippen molar-refractivity contribution >= 4 is 0 Å². The normalized spacial score (nSPS) is 15.3. The first-order valence-corrected chi connectivity index (χ1v) is 5.04. The van der Waals surface area contributed by atoms with Gasteiger partial charge in [0, 0.05) is 12.7 Å². The predicted octanol–water partition coefficient (Wildman–Crippen LogP) is 1.92. The highest BCUT2D eigenvalue weighted by Gasteiger charge is 2.32. The minimum absolute atomic E-state index is 0.310. The highest BCUT2D eigenvalue weighted by molar-refractivity contribution is 5.08. The molecule has 4 nitrogen and oxygen atoms in total. The second kappa shape index (κ2) is 4.75. The van der Waals surface area contributed by atoms with E-state index in [1.165, 1.54) is 4.68 Å². The van der Waals surface area contributed by atoms with Gasteiger partial charge in [-0.05, 0) is 19.8 Å². The van der Waals surface area contributed by atoms with Gasteiger partial charge < -0.3 is 5.73 Å². The second-order valence-corrected chi connectivity index (χ2v) is 4.12. The molecule has 0 bridgehead atoms. The Bertz CT molecular complexity index is 414. The van der Waals surface area contributed by atoms with Crippen molar-refractivity contribution in [2.75, 3.05) is 0 Å². The Morgan fingerprint density at radius 3 is 2.65 bits per heavy atom. The molecule has 0 amide bonds. The van der Waals surface area contributed by atoms with Crippen LogP contribution in [0.3, 0.4) is 0 Å². The van der Waals surface area contributed by atoms with E-state index in [-0.39, 0.29) is 0 Å². The molecule has 0 aliphatic rings. The van der Waals surface area contributed by atoms with Crippen LogP contribution >= 0.6 is 0 Å². The van der Waals surface area contributed by atoms with Crippen LogP contribution in [-0.4, -0.2) is 15.3 Å². The first-order chi connectivity index (χ1) is 7.74. The molecule has 0 radical (unpaired) electrons. The van der Waals surface area contributed by atoms with Crippen molar-refractivity contribution in [3.05, 3.63) is 18.0 Å². The summed E-state index contributed by atoms with van der Waals surface area (Å²) in [4.78, 5) is 0. The quantitative estimate of drug-likeness (QED) is 0.882. The topological polar surface area (TPSA) is 67.6 Å². The lowest BCUT2D eigenvalue weighted by Gasteiger charge is -2.14. The lowest BCUT2D eigenvalue weighted by atomic mass is 9.99. The Morgan fingerprint density at radius 1 is 1.53 bits per heavy atom. The number of nitrogens with two attached hydrogens (primary N) is 1.